The Morgan fingerprint density at radius 3 is 2.55 bits per heavy atom. The molecule has 7 heteroatoms. The average molecular weight is 434 g/mol. The van der Waals surface area contributed by atoms with E-state index in [9.17, 15) is 9.59 Å². The maximum Gasteiger partial charge on any atom is 0.329 e. The van der Waals surface area contributed by atoms with E-state index in [4.69, 9.17) is 21.1 Å². The van der Waals surface area contributed by atoms with E-state index in [0.717, 1.165) is 24.2 Å². The molecule has 1 heterocycles. The molecule has 0 bridgehead atoms. The van der Waals surface area contributed by atoms with Gasteiger partial charge < -0.3 is 14.4 Å². The van der Waals surface area contributed by atoms with Crippen LogP contribution in [0.5, 0.6) is 5.75 Å². The number of thioether (sulfide) groups is 1. The zero-order chi connectivity index (χ0) is 20.8. The summed E-state index contributed by atoms with van der Waals surface area (Å²) in [5.74, 6) is 0.500. The summed E-state index contributed by atoms with van der Waals surface area (Å²) < 4.78 is 10.6. The van der Waals surface area contributed by atoms with Crippen LogP contribution < -0.4 is 4.74 Å². The molecule has 0 spiro atoms. The van der Waals surface area contributed by atoms with Crippen LogP contribution in [0.1, 0.15) is 41.1 Å². The Morgan fingerprint density at radius 1 is 1.17 bits per heavy atom. The molecule has 2 unspecified atom stereocenters. The molecule has 1 aliphatic heterocycles. The highest BCUT2D eigenvalue weighted by atomic mass is 35.5. The van der Waals surface area contributed by atoms with E-state index in [1.165, 1.54) is 18.9 Å². The molecule has 0 aromatic heterocycles. The van der Waals surface area contributed by atoms with Gasteiger partial charge in [0, 0.05) is 21.9 Å². The lowest BCUT2D eigenvalue weighted by molar-refractivity contribution is -0.145. The van der Waals surface area contributed by atoms with E-state index < -0.39 is 12.0 Å². The van der Waals surface area contributed by atoms with Crippen molar-refractivity contribution in [3.05, 3.63) is 64.7 Å². The second-order valence-electron chi connectivity index (χ2n) is 6.68. The number of esters is 1. The summed E-state index contributed by atoms with van der Waals surface area (Å²) in [6.45, 7) is 2.75. The molecule has 2 aromatic rings. The molecule has 0 aliphatic carbocycles. The summed E-state index contributed by atoms with van der Waals surface area (Å²) >= 11 is 7.88. The maximum atomic E-state index is 13.4. The van der Waals surface area contributed by atoms with Crippen molar-refractivity contribution in [2.45, 2.75) is 31.2 Å². The molecule has 1 aliphatic rings. The smallest absolute Gasteiger partial charge is 0.329 e. The molecule has 5 nitrogen and oxygen atoms in total. The van der Waals surface area contributed by atoms with E-state index in [1.54, 1.807) is 35.2 Å². The normalized spacial score (nSPS) is 18.5. The number of unbranched alkanes of at least 4 members (excludes halogenated alkanes) is 1. The van der Waals surface area contributed by atoms with E-state index in [0.29, 0.717) is 22.9 Å². The van der Waals surface area contributed by atoms with Crippen LogP contribution in [0, 0.1) is 0 Å². The number of ether oxygens (including phenoxy) is 2. The number of amides is 1. The van der Waals surface area contributed by atoms with E-state index in [-0.39, 0.29) is 11.3 Å². The summed E-state index contributed by atoms with van der Waals surface area (Å²) in [7, 11) is 1.33. The minimum absolute atomic E-state index is 0.240. The molecule has 0 radical (unpaired) electrons. The topological polar surface area (TPSA) is 55.8 Å². The predicted octanol–water partition coefficient (Wildman–Crippen LogP) is 4.95. The van der Waals surface area contributed by atoms with E-state index in [2.05, 4.69) is 6.92 Å². The van der Waals surface area contributed by atoms with Crippen molar-refractivity contribution in [1.29, 1.82) is 0 Å². The van der Waals surface area contributed by atoms with Gasteiger partial charge in [-0.15, -0.1) is 11.8 Å². The van der Waals surface area contributed by atoms with Crippen molar-refractivity contribution in [2.75, 3.05) is 19.5 Å². The van der Waals surface area contributed by atoms with Gasteiger partial charge in [-0.3, -0.25) is 4.79 Å². The van der Waals surface area contributed by atoms with Gasteiger partial charge in [-0.1, -0.05) is 43.1 Å². The molecule has 29 heavy (non-hydrogen) atoms. The highest BCUT2D eigenvalue weighted by Gasteiger charge is 2.43. The Bertz CT molecular complexity index is 858. The Hall–Kier alpha value is -2.18. The quantitative estimate of drug-likeness (QED) is 0.457. The number of halogens is 1. The lowest BCUT2D eigenvalue weighted by Crippen LogP contribution is -2.43. The van der Waals surface area contributed by atoms with Crippen molar-refractivity contribution in [2.24, 2.45) is 0 Å². The molecule has 3 rings (SSSR count). The van der Waals surface area contributed by atoms with Crippen molar-refractivity contribution >= 4 is 35.2 Å². The first-order chi connectivity index (χ1) is 14.1. The average Bonchev–Trinajstić information content (AvgIpc) is 3.18. The lowest BCUT2D eigenvalue weighted by atomic mass is 10.1. The third-order valence-corrected chi connectivity index (χ3v) is 6.40. The van der Waals surface area contributed by atoms with Crippen molar-refractivity contribution < 1.29 is 19.1 Å². The molecule has 2 atom stereocenters. The van der Waals surface area contributed by atoms with Crippen LogP contribution in [0.4, 0.5) is 0 Å². The monoisotopic (exact) mass is 433 g/mol. The summed E-state index contributed by atoms with van der Waals surface area (Å²) in [5, 5.41) is 0.203. The van der Waals surface area contributed by atoms with Crippen molar-refractivity contribution in [3.63, 3.8) is 0 Å². The van der Waals surface area contributed by atoms with Crippen molar-refractivity contribution in [3.8, 4) is 5.75 Å². The first kappa shape index (κ1) is 21.5. The zero-order valence-electron chi connectivity index (χ0n) is 16.5. The number of benzene rings is 2. The second kappa shape index (κ2) is 10.0. The number of nitrogens with zero attached hydrogens (tertiary/aromatic N) is 1. The fourth-order valence-corrected chi connectivity index (χ4v) is 4.92. The van der Waals surface area contributed by atoms with Gasteiger partial charge in [-0.05, 0) is 36.8 Å². The maximum absolute atomic E-state index is 13.4. The number of carbonyl (C=O) groups excluding carboxylic acids is 2. The van der Waals surface area contributed by atoms with E-state index >= 15 is 0 Å². The number of hydrogen-bond donors (Lipinski definition) is 0. The highest BCUT2D eigenvalue weighted by molar-refractivity contribution is 7.99. The number of methoxy groups -OCH3 is 1. The van der Waals surface area contributed by atoms with Gasteiger partial charge in [0.15, 0.2) is 0 Å². The van der Waals surface area contributed by atoms with Gasteiger partial charge in [0.2, 0.25) is 0 Å². The summed E-state index contributed by atoms with van der Waals surface area (Å²) in [4.78, 5) is 27.3. The number of rotatable bonds is 7. The Balaban J connectivity index is 1.87. The van der Waals surface area contributed by atoms with Crippen LogP contribution >= 0.6 is 23.4 Å². The first-order valence-corrected chi connectivity index (χ1v) is 11.0. The SMILES string of the molecule is CCCCOc1ccc(C(=O)N2C(C(=O)OC)CSC2c2ccccc2Cl)cc1. The molecular formula is C22H24ClNO4S. The molecule has 2 aromatic carbocycles. The third-order valence-electron chi connectivity index (χ3n) is 4.75. The number of hydrogen-bond acceptors (Lipinski definition) is 5. The molecular weight excluding hydrogens is 410 g/mol. The molecule has 154 valence electrons. The van der Waals surface area contributed by atoms with Crippen LogP contribution in [-0.2, 0) is 9.53 Å². The highest BCUT2D eigenvalue weighted by Crippen LogP contribution is 2.44. The minimum atomic E-state index is -0.667. The van der Waals surface area contributed by atoms with Crippen LogP contribution in [-0.4, -0.2) is 42.3 Å². The Labute approximate surface area is 180 Å². The molecule has 0 saturated carbocycles. The van der Waals surface area contributed by atoms with Crippen LogP contribution in [0.3, 0.4) is 0 Å². The molecule has 0 N–H and O–H groups in total. The molecule has 1 fully saturated rings. The van der Waals surface area contributed by atoms with Gasteiger partial charge in [0.05, 0.1) is 13.7 Å². The molecule has 1 saturated heterocycles. The van der Waals surface area contributed by atoms with E-state index in [1.807, 2.05) is 18.2 Å². The fraction of sp³-hybridized carbons (Fsp3) is 0.364. The van der Waals surface area contributed by atoms with Gasteiger partial charge in [-0.2, -0.15) is 0 Å². The lowest BCUT2D eigenvalue weighted by Gasteiger charge is -2.29. The Kier molecular flexibility index (Phi) is 7.45. The molecule has 1 amide bonds. The summed E-state index contributed by atoms with van der Waals surface area (Å²) in [5.41, 5.74) is 1.29. The van der Waals surface area contributed by atoms with Crippen LogP contribution in [0.25, 0.3) is 0 Å². The fourth-order valence-electron chi connectivity index (χ4n) is 3.16. The van der Waals surface area contributed by atoms with Crippen LogP contribution in [0.2, 0.25) is 5.02 Å². The zero-order valence-corrected chi connectivity index (χ0v) is 18.0. The summed E-state index contributed by atoms with van der Waals surface area (Å²) in [6, 6.07) is 13.7. The third kappa shape index (κ3) is 4.87. The Morgan fingerprint density at radius 2 is 1.90 bits per heavy atom. The largest absolute Gasteiger partial charge is 0.494 e. The van der Waals surface area contributed by atoms with Gasteiger partial charge in [-0.25, -0.2) is 4.79 Å². The van der Waals surface area contributed by atoms with Crippen LogP contribution in [0.15, 0.2) is 48.5 Å². The van der Waals surface area contributed by atoms with Gasteiger partial charge in [0.1, 0.15) is 17.2 Å². The first-order valence-electron chi connectivity index (χ1n) is 9.56. The minimum Gasteiger partial charge on any atom is -0.494 e. The van der Waals surface area contributed by atoms with Gasteiger partial charge in [0.25, 0.3) is 5.91 Å². The number of carbonyl (C=O) groups is 2. The van der Waals surface area contributed by atoms with Gasteiger partial charge >= 0.3 is 5.97 Å². The second-order valence-corrected chi connectivity index (χ2v) is 8.21. The summed E-state index contributed by atoms with van der Waals surface area (Å²) in [6.07, 6.45) is 2.04. The van der Waals surface area contributed by atoms with Crippen molar-refractivity contribution in [1.82, 2.24) is 4.90 Å². The predicted molar refractivity (Wildman–Crippen MR) is 115 cm³/mol. The standard InChI is InChI=1S/C22H24ClNO4S/c1-3-4-13-28-16-11-9-15(10-12-16)20(25)24-19(22(26)27-2)14-29-21(24)17-7-5-6-8-18(17)23/h5-12,19,21H,3-4,13-14H2,1-2H3.